The van der Waals surface area contributed by atoms with Crippen LogP contribution < -0.4 is 11.1 Å². The number of fused-ring (bicyclic) bond motifs is 3. The number of benzene rings is 1. The zero-order valence-corrected chi connectivity index (χ0v) is 10.6. The van der Waals surface area contributed by atoms with Crippen LogP contribution in [0.1, 0.15) is 11.7 Å². The van der Waals surface area contributed by atoms with Gasteiger partial charge in [-0.05, 0) is 17.7 Å². The van der Waals surface area contributed by atoms with Crippen LogP contribution in [-0.2, 0) is 0 Å². The Bertz CT molecular complexity index is 805. The fourth-order valence-electron chi connectivity index (χ4n) is 2.42. The lowest BCUT2D eigenvalue weighted by Crippen LogP contribution is -2.31. The molecular weight excluding hydrogens is 252 g/mol. The maximum absolute atomic E-state index is 5.90. The second-order valence-electron chi connectivity index (χ2n) is 4.59. The first kappa shape index (κ1) is 11.0. The summed E-state index contributed by atoms with van der Waals surface area (Å²) in [5.41, 5.74) is 7.62. The van der Waals surface area contributed by atoms with Gasteiger partial charge in [-0.1, -0.05) is 30.3 Å². The molecular formula is C14H12N6. The Balaban J connectivity index is 1.96. The van der Waals surface area contributed by atoms with Crippen LogP contribution in [-0.4, -0.2) is 20.7 Å². The van der Waals surface area contributed by atoms with E-state index in [2.05, 4.69) is 20.4 Å². The predicted octanol–water partition coefficient (Wildman–Crippen LogP) is 1.72. The fourth-order valence-corrected chi connectivity index (χ4v) is 2.42. The van der Waals surface area contributed by atoms with Crippen LogP contribution in [0.5, 0.6) is 0 Å². The van der Waals surface area contributed by atoms with Gasteiger partial charge >= 0.3 is 0 Å². The Morgan fingerprint density at radius 2 is 1.95 bits per heavy atom. The Hall–Kier alpha value is -2.89. The standard InChI is InChI=1S/C14H12N6/c15-14-17-12(9-5-2-1-3-6-9)20-13(18-14)10-7-4-8-16-11(10)19-20/h1-8,12H,(H3,15,17,18)/t12-/m0/s1. The molecule has 6 heteroatoms. The molecule has 1 atom stereocenters. The number of nitrogens with one attached hydrogen (secondary N) is 1. The van der Waals surface area contributed by atoms with Gasteiger partial charge in [0.05, 0.1) is 5.39 Å². The van der Waals surface area contributed by atoms with Crippen LogP contribution in [0.25, 0.3) is 11.0 Å². The maximum Gasteiger partial charge on any atom is 0.196 e. The van der Waals surface area contributed by atoms with E-state index in [9.17, 15) is 0 Å². The second-order valence-corrected chi connectivity index (χ2v) is 4.59. The molecule has 3 aromatic rings. The summed E-state index contributed by atoms with van der Waals surface area (Å²) in [5.74, 6) is 1.21. The molecule has 20 heavy (non-hydrogen) atoms. The van der Waals surface area contributed by atoms with Gasteiger partial charge in [-0.3, -0.25) is 0 Å². The van der Waals surface area contributed by atoms with Crippen LogP contribution in [0, 0.1) is 0 Å². The number of rotatable bonds is 1. The number of aliphatic imine (C=N–C) groups is 1. The Kier molecular flexibility index (Phi) is 2.23. The molecule has 1 aliphatic rings. The van der Waals surface area contributed by atoms with Crippen LogP contribution in [0.4, 0.5) is 5.82 Å². The molecule has 0 bridgehead atoms. The van der Waals surface area contributed by atoms with E-state index in [1.54, 1.807) is 6.20 Å². The third kappa shape index (κ3) is 1.55. The molecule has 6 nitrogen and oxygen atoms in total. The average Bonchev–Trinajstić information content (AvgIpc) is 2.86. The number of nitrogens with two attached hydrogens (primary N) is 1. The summed E-state index contributed by atoms with van der Waals surface area (Å²) in [6.45, 7) is 0. The molecule has 98 valence electrons. The van der Waals surface area contributed by atoms with Crippen LogP contribution in [0.15, 0.2) is 53.7 Å². The molecule has 3 heterocycles. The molecule has 0 spiro atoms. The van der Waals surface area contributed by atoms with E-state index in [-0.39, 0.29) is 6.17 Å². The van der Waals surface area contributed by atoms with Gasteiger partial charge in [-0.25, -0.2) is 14.7 Å². The number of pyridine rings is 1. The SMILES string of the molecule is NC1=N[C@H](c2ccccc2)n2nc3ncccc3c2N1. The van der Waals surface area contributed by atoms with Gasteiger partial charge < -0.3 is 11.1 Å². The molecule has 0 saturated heterocycles. The third-order valence-corrected chi connectivity index (χ3v) is 3.31. The van der Waals surface area contributed by atoms with Crippen LogP contribution in [0.3, 0.4) is 0 Å². The minimum atomic E-state index is -0.262. The minimum absolute atomic E-state index is 0.262. The quantitative estimate of drug-likeness (QED) is 0.701. The van der Waals surface area contributed by atoms with Gasteiger partial charge in [0, 0.05) is 6.20 Å². The van der Waals surface area contributed by atoms with Crippen LogP contribution >= 0.6 is 0 Å². The van der Waals surface area contributed by atoms with Crippen molar-refractivity contribution in [2.24, 2.45) is 10.7 Å². The molecule has 2 aromatic heterocycles. The lowest BCUT2D eigenvalue weighted by molar-refractivity contribution is 0.546. The van der Waals surface area contributed by atoms with Crippen molar-refractivity contribution < 1.29 is 0 Å². The van der Waals surface area contributed by atoms with E-state index in [4.69, 9.17) is 5.73 Å². The molecule has 0 fully saturated rings. The highest BCUT2D eigenvalue weighted by atomic mass is 15.4. The number of hydrogen-bond acceptors (Lipinski definition) is 5. The topological polar surface area (TPSA) is 81.1 Å². The summed E-state index contributed by atoms with van der Waals surface area (Å²) in [6.07, 6.45) is 1.46. The van der Waals surface area contributed by atoms with E-state index in [0.29, 0.717) is 11.6 Å². The number of guanidine groups is 1. The highest BCUT2D eigenvalue weighted by Crippen LogP contribution is 2.31. The summed E-state index contributed by atoms with van der Waals surface area (Å²) < 4.78 is 1.82. The second kappa shape index (κ2) is 4.06. The Labute approximate surface area is 115 Å². The van der Waals surface area contributed by atoms with Gasteiger partial charge in [-0.2, -0.15) is 0 Å². The van der Waals surface area contributed by atoms with Crippen molar-refractivity contribution >= 4 is 22.8 Å². The molecule has 1 aromatic carbocycles. The van der Waals surface area contributed by atoms with Crippen molar-refractivity contribution in [3.8, 4) is 0 Å². The largest absolute Gasteiger partial charge is 0.370 e. The zero-order valence-electron chi connectivity index (χ0n) is 10.6. The van der Waals surface area contributed by atoms with Crippen molar-refractivity contribution in [3.05, 3.63) is 54.2 Å². The molecule has 0 unspecified atom stereocenters. The summed E-state index contributed by atoms with van der Waals surface area (Å²) in [5, 5.41) is 8.53. The highest BCUT2D eigenvalue weighted by Gasteiger charge is 2.25. The molecule has 3 N–H and O–H groups in total. The average molecular weight is 264 g/mol. The lowest BCUT2D eigenvalue weighted by Gasteiger charge is -2.22. The van der Waals surface area contributed by atoms with E-state index in [1.165, 1.54) is 0 Å². The van der Waals surface area contributed by atoms with E-state index < -0.39 is 0 Å². The van der Waals surface area contributed by atoms with Crippen molar-refractivity contribution in [2.45, 2.75) is 6.17 Å². The molecule has 0 saturated carbocycles. The summed E-state index contributed by atoms with van der Waals surface area (Å²) in [4.78, 5) is 8.72. The van der Waals surface area contributed by atoms with Gasteiger partial charge in [0.25, 0.3) is 0 Å². The smallest absolute Gasteiger partial charge is 0.196 e. The van der Waals surface area contributed by atoms with E-state index in [0.717, 1.165) is 16.8 Å². The van der Waals surface area contributed by atoms with Crippen molar-refractivity contribution in [2.75, 3.05) is 5.32 Å². The fraction of sp³-hybridized carbons (Fsp3) is 0.0714. The minimum Gasteiger partial charge on any atom is -0.370 e. The normalized spacial score (nSPS) is 17.4. The number of aromatic nitrogens is 3. The molecule has 0 aliphatic carbocycles. The monoisotopic (exact) mass is 264 g/mol. The van der Waals surface area contributed by atoms with Crippen LogP contribution in [0.2, 0.25) is 0 Å². The first-order valence-electron chi connectivity index (χ1n) is 6.31. The van der Waals surface area contributed by atoms with Gasteiger partial charge in [0.2, 0.25) is 0 Å². The summed E-state index contributed by atoms with van der Waals surface area (Å²) in [6, 6.07) is 13.8. The first-order chi connectivity index (χ1) is 9.83. The summed E-state index contributed by atoms with van der Waals surface area (Å²) >= 11 is 0. The van der Waals surface area contributed by atoms with Gasteiger partial charge in [-0.15, -0.1) is 5.10 Å². The highest BCUT2D eigenvalue weighted by molar-refractivity contribution is 6.00. The Morgan fingerprint density at radius 3 is 2.80 bits per heavy atom. The van der Waals surface area contributed by atoms with Crippen molar-refractivity contribution in [1.82, 2.24) is 14.8 Å². The third-order valence-electron chi connectivity index (χ3n) is 3.31. The van der Waals surface area contributed by atoms with E-state index >= 15 is 0 Å². The zero-order chi connectivity index (χ0) is 13.5. The Morgan fingerprint density at radius 1 is 1.10 bits per heavy atom. The lowest BCUT2D eigenvalue weighted by atomic mass is 10.1. The van der Waals surface area contributed by atoms with Gasteiger partial charge in [0.1, 0.15) is 5.82 Å². The van der Waals surface area contributed by atoms with Crippen molar-refractivity contribution in [1.29, 1.82) is 0 Å². The maximum atomic E-state index is 5.90. The summed E-state index contributed by atoms with van der Waals surface area (Å²) in [7, 11) is 0. The van der Waals surface area contributed by atoms with Gasteiger partial charge in [0.15, 0.2) is 17.8 Å². The molecule has 0 radical (unpaired) electrons. The number of hydrogen-bond donors (Lipinski definition) is 2. The molecule has 1 aliphatic heterocycles. The predicted molar refractivity (Wildman–Crippen MR) is 77.4 cm³/mol. The van der Waals surface area contributed by atoms with E-state index in [1.807, 2.05) is 47.1 Å². The first-order valence-corrected chi connectivity index (χ1v) is 6.31. The number of anilines is 1. The molecule has 0 amide bonds. The molecule has 4 rings (SSSR count). The van der Waals surface area contributed by atoms with Crippen molar-refractivity contribution in [3.63, 3.8) is 0 Å². The number of nitrogens with zero attached hydrogens (tertiary/aromatic N) is 4.